The number of hydrogen-bond donors (Lipinski definition) is 0. The number of rotatable bonds is 3. The monoisotopic (exact) mass is 246 g/mol. The van der Waals surface area contributed by atoms with Crippen molar-refractivity contribution in [3.8, 4) is 5.75 Å². The summed E-state index contributed by atoms with van der Waals surface area (Å²) in [6.07, 6.45) is 0.576. The van der Waals surface area contributed by atoms with E-state index >= 15 is 0 Å². The van der Waals surface area contributed by atoms with Gasteiger partial charge in [0.2, 0.25) is 11.8 Å². The number of amides is 2. The van der Waals surface area contributed by atoms with Gasteiger partial charge in [0.1, 0.15) is 0 Å². The summed E-state index contributed by atoms with van der Waals surface area (Å²) in [5, 5.41) is 3.82. The molecule has 0 atom stereocenters. The van der Waals surface area contributed by atoms with Gasteiger partial charge in [-0.05, 0) is 38.1 Å². The van der Waals surface area contributed by atoms with Gasteiger partial charge >= 0.3 is 0 Å². The molecule has 1 aliphatic rings. The Labute approximate surface area is 105 Å². The summed E-state index contributed by atoms with van der Waals surface area (Å²) in [5.74, 6) is 0.256. The largest absolute Gasteiger partial charge is 0.357 e. The molecule has 2 rings (SSSR count). The van der Waals surface area contributed by atoms with Crippen molar-refractivity contribution < 1.29 is 14.4 Å². The zero-order valence-electron chi connectivity index (χ0n) is 10.3. The number of carbonyl (C=O) groups is 2. The third-order valence-corrected chi connectivity index (χ3v) is 2.48. The Morgan fingerprint density at radius 3 is 2.17 bits per heavy atom. The molecule has 0 bridgehead atoms. The lowest BCUT2D eigenvalue weighted by atomic mass is 10.3. The van der Waals surface area contributed by atoms with Crippen LogP contribution in [0.5, 0.6) is 5.75 Å². The minimum Gasteiger partial charge on any atom is -0.357 e. The lowest BCUT2D eigenvalue weighted by Gasteiger charge is -2.13. The summed E-state index contributed by atoms with van der Waals surface area (Å²) in [6, 6.07) is 6.72. The minimum atomic E-state index is -0.156. The van der Waals surface area contributed by atoms with Crippen LogP contribution in [-0.4, -0.2) is 17.5 Å². The first-order valence-corrected chi connectivity index (χ1v) is 5.72. The summed E-state index contributed by atoms with van der Waals surface area (Å²) >= 11 is 0. The summed E-state index contributed by atoms with van der Waals surface area (Å²) in [5.41, 5.74) is 1.39. The average Bonchev–Trinajstić information content (AvgIpc) is 2.67. The van der Waals surface area contributed by atoms with Crippen molar-refractivity contribution in [3.05, 3.63) is 24.3 Å². The molecule has 0 aliphatic carbocycles. The molecule has 1 aromatic rings. The van der Waals surface area contributed by atoms with Crippen molar-refractivity contribution in [1.82, 2.24) is 0 Å². The maximum atomic E-state index is 11.5. The van der Waals surface area contributed by atoms with Crippen LogP contribution in [0, 0.1) is 0 Å². The van der Waals surface area contributed by atoms with E-state index < -0.39 is 0 Å². The van der Waals surface area contributed by atoms with Crippen LogP contribution >= 0.6 is 0 Å². The van der Waals surface area contributed by atoms with Crippen LogP contribution in [0.1, 0.15) is 26.7 Å². The lowest BCUT2D eigenvalue weighted by molar-refractivity contribution is -0.121. The number of benzene rings is 1. The zero-order chi connectivity index (χ0) is 13.1. The van der Waals surface area contributed by atoms with Gasteiger partial charge in [-0.2, -0.15) is 0 Å². The van der Waals surface area contributed by atoms with E-state index in [1.54, 1.807) is 24.3 Å². The minimum absolute atomic E-state index is 0.156. The van der Waals surface area contributed by atoms with E-state index in [0.717, 1.165) is 5.71 Å². The first-order valence-electron chi connectivity index (χ1n) is 5.72. The molecule has 5 heteroatoms. The average molecular weight is 246 g/mol. The normalized spacial score (nSPS) is 14.9. The Bertz CT molecular complexity index is 485. The quantitative estimate of drug-likeness (QED) is 0.466. The van der Waals surface area contributed by atoms with Crippen LogP contribution in [-0.2, 0) is 9.59 Å². The van der Waals surface area contributed by atoms with Crippen LogP contribution in [0.2, 0.25) is 0 Å². The summed E-state index contributed by atoms with van der Waals surface area (Å²) in [6.45, 7) is 3.66. The smallest absolute Gasteiger partial charge is 0.234 e. The number of oxime groups is 1. The molecule has 0 unspecified atom stereocenters. The third kappa shape index (κ3) is 2.56. The fraction of sp³-hybridized carbons (Fsp3) is 0.308. The van der Waals surface area contributed by atoms with Crippen molar-refractivity contribution in [2.24, 2.45) is 5.16 Å². The number of imide groups is 1. The van der Waals surface area contributed by atoms with E-state index in [2.05, 4.69) is 5.16 Å². The molecular formula is C13H14N2O3. The van der Waals surface area contributed by atoms with E-state index in [1.165, 1.54) is 4.90 Å². The van der Waals surface area contributed by atoms with E-state index in [0.29, 0.717) is 11.4 Å². The number of carbonyl (C=O) groups excluding carboxylic acids is 2. The first kappa shape index (κ1) is 12.3. The van der Waals surface area contributed by atoms with E-state index in [4.69, 9.17) is 4.84 Å². The Morgan fingerprint density at radius 1 is 1.11 bits per heavy atom. The predicted molar refractivity (Wildman–Crippen MR) is 67.6 cm³/mol. The molecule has 0 saturated carbocycles. The second-order valence-corrected chi connectivity index (χ2v) is 4.25. The predicted octanol–water partition coefficient (Wildman–Crippen LogP) is 2.11. The molecule has 2 amide bonds. The van der Waals surface area contributed by atoms with Gasteiger partial charge in [0.25, 0.3) is 0 Å². The van der Waals surface area contributed by atoms with Gasteiger partial charge in [0.15, 0.2) is 5.75 Å². The molecule has 1 aromatic carbocycles. The van der Waals surface area contributed by atoms with Gasteiger partial charge in [0.05, 0.1) is 11.4 Å². The van der Waals surface area contributed by atoms with Gasteiger partial charge in [-0.3, -0.25) is 14.5 Å². The Balaban J connectivity index is 2.15. The molecule has 1 heterocycles. The number of anilines is 1. The fourth-order valence-electron chi connectivity index (χ4n) is 1.66. The Morgan fingerprint density at radius 2 is 1.67 bits per heavy atom. The summed E-state index contributed by atoms with van der Waals surface area (Å²) < 4.78 is 0. The van der Waals surface area contributed by atoms with Crippen molar-refractivity contribution in [2.75, 3.05) is 4.90 Å². The second-order valence-electron chi connectivity index (χ2n) is 4.25. The highest BCUT2D eigenvalue weighted by atomic mass is 16.6. The number of hydrogen-bond acceptors (Lipinski definition) is 4. The highest BCUT2D eigenvalue weighted by Gasteiger charge is 2.30. The van der Waals surface area contributed by atoms with E-state index in [-0.39, 0.29) is 24.7 Å². The molecule has 0 spiro atoms. The van der Waals surface area contributed by atoms with E-state index in [1.807, 2.05) is 13.8 Å². The maximum absolute atomic E-state index is 11.5. The van der Waals surface area contributed by atoms with Gasteiger partial charge in [-0.1, -0.05) is 5.16 Å². The molecule has 1 saturated heterocycles. The van der Waals surface area contributed by atoms with Crippen LogP contribution < -0.4 is 9.74 Å². The van der Waals surface area contributed by atoms with Crippen molar-refractivity contribution >= 4 is 23.2 Å². The van der Waals surface area contributed by atoms with Crippen molar-refractivity contribution in [3.63, 3.8) is 0 Å². The third-order valence-electron chi connectivity index (χ3n) is 2.48. The van der Waals surface area contributed by atoms with E-state index in [9.17, 15) is 9.59 Å². The highest BCUT2D eigenvalue weighted by molar-refractivity contribution is 6.19. The fourth-order valence-corrected chi connectivity index (χ4v) is 1.66. The SMILES string of the molecule is CC(C)=NOc1ccc(N2C(=O)CCC2=O)cc1. The van der Waals surface area contributed by atoms with Crippen LogP contribution in [0.3, 0.4) is 0 Å². The Hall–Kier alpha value is -2.17. The molecular weight excluding hydrogens is 232 g/mol. The maximum Gasteiger partial charge on any atom is 0.234 e. The van der Waals surface area contributed by atoms with Gasteiger partial charge in [-0.25, -0.2) is 0 Å². The molecule has 94 valence electrons. The van der Waals surface area contributed by atoms with Crippen LogP contribution in [0.4, 0.5) is 5.69 Å². The van der Waals surface area contributed by atoms with Gasteiger partial charge < -0.3 is 4.84 Å². The molecule has 5 nitrogen and oxygen atoms in total. The molecule has 0 radical (unpaired) electrons. The van der Waals surface area contributed by atoms with Crippen molar-refractivity contribution in [2.45, 2.75) is 26.7 Å². The first-order chi connectivity index (χ1) is 8.58. The van der Waals surface area contributed by atoms with Crippen LogP contribution in [0.15, 0.2) is 29.4 Å². The topological polar surface area (TPSA) is 59.0 Å². The summed E-state index contributed by atoms with van der Waals surface area (Å²) in [4.78, 5) is 29.4. The molecule has 1 aliphatic heterocycles. The molecule has 18 heavy (non-hydrogen) atoms. The second kappa shape index (κ2) is 5.00. The van der Waals surface area contributed by atoms with Gasteiger partial charge in [-0.15, -0.1) is 0 Å². The standard InChI is InChI=1S/C13H14N2O3/c1-9(2)14-18-11-5-3-10(4-6-11)15-12(16)7-8-13(15)17/h3-6H,7-8H2,1-2H3. The zero-order valence-corrected chi connectivity index (χ0v) is 10.3. The van der Waals surface area contributed by atoms with Crippen LogP contribution in [0.25, 0.3) is 0 Å². The number of nitrogens with zero attached hydrogens (tertiary/aromatic N) is 2. The molecule has 0 N–H and O–H groups in total. The van der Waals surface area contributed by atoms with Crippen molar-refractivity contribution in [1.29, 1.82) is 0 Å². The lowest BCUT2D eigenvalue weighted by Crippen LogP contribution is -2.28. The van der Waals surface area contributed by atoms with Gasteiger partial charge in [0, 0.05) is 12.8 Å². The molecule has 0 aromatic heterocycles. The Kier molecular flexibility index (Phi) is 3.41. The summed E-state index contributed by atoms with van der Waals surface area (Å²) in [7, 11) is 0. The molecule has 1 fully saturated rings. The highest BCUT2D eigenvalue weighted by Crippen LogP contribution is 2.24.